The van der Waals surface area contributed by atoms with Crippen LogP contribution in [0.3, 0.4) is 0 Å². The third-order valence-corrected chi connectivity index (χ3v) is 5.33. The molecule has 2 heterocycles. The summed E-state index contributed by atoms with van der Waals surface area (Å²) >= 11 is 0. The van der Waals surface area contributed by atoms with Gasteiger partial charge in [0.2, 0.25) is 21.8 Å². The molecule has 8 nitrogen and oxygen atoms in total. The van der Waals surface area contributed by atoms with Gasteiger partial charge in [0.1, 0.15) is 5.82 Å². The number of benzene rings is 1. The number of amides is 2. The lowest BCUT2D eigenvalue weighted by Gasteiger charge is -2.30. The summed E-state index contributed by atoms with van der Waals surface area (Å²) in [5, 5.41) is 2.81. The fraction of sp³-hybridized carbons (Fsp3) is 0.286. The molecule has 2 amide bonds. The molecule has 0 saturated carbocycles. The second kappa shape index (κ2) is 9.53. The third-order valence-electron chi connectivity index (χ3n) is 4.73. The largest absolute Gasteiger partial charge is 0.339 e. The zero-order valence-corrected chi connectivity index (χ0v) is 17.4. The van der Waals surface area contributed by atoms with Crippen molar-refractivity contribution < 1.29 is 18.0 Å². The number of hydrogen-bond donors (Lipinski definition) is 2. The number of likely N-dealkylation sites (tertiary alicyclic amines) is 1. The van der Waals surface area contributed by atoms with E-state index in [2.05, 4.69) is 15.0 Å². The molecule has 2 aromatic rings. The first-order valence-corrected chi connectivity index (χ1v) is 11.5. The maximum absolute atomic E-state index is 12.4. The summed E-state index contributed by atoms with van der Waals surface area (Å²) in [6.07, 6.45) is 7.09. The number of hydrogen-bond acceptors (Lipinski definition) is 5. The van der Waals surface area contributed by atoms with Crippen molar-refractivity contribution in [2.75, 3.05) is 29.4 Å². The van der Waals surface area contributed by atoms with Gasteiger partial charge in [-0.05, 0) is 48.7 Å². The summed E-state index contributed by atoms with van der Waals surface area (Å²) < 4.78 is 24.8. The number of aromatic nitrogens is 1. The molecule has 1 saturated heterocycles. The van der Waals surface area contributed by atoms with Gasteiger partial charge in [0.05, 0.1) is 6.26 Å². The smallest absolute Gasteiger partial charge is 0.246 e. The lowest BCUT2D eigenvalue weighted by atomic mass is 9.96. The molecule has 0 radical (unpaired) electrons. The van der Waals surface area contributed by atoms with Gasteiger partial charge in [-0.15, -0.1) is 0 Å². The molecule has 0 unspecified atom stereocenters. The number of sulfonamides is 1. The normalized spacial score (nSPS) is 15.2. The van der Waals surface area contributed by atoms with Gasteiger partial charge in [0, 0.05) is 37.0 Å². The van der Waals surface area contributed by atoms with Crippen LogP contribution < -0.4 is 10.0 Å². The van der Waals surface area contributed by atoms with E-state index in [-0.39, 0.29) is 17.7 Å². The molecule has 30 heavy (non-hydrogen) atoms. The Morgan fingerprint density at radius 2 is 1.80 bits per heavy atom. The average Bonchev–Trinajstić information content (AvgIpc) is 2.73. The predicted octanol–water partition coefficient (Wildman–Crippen LogP) is 2.34. The minimum atomic E-state index is -3.32. The van der Waals surface area contributed by atoms with E-state index in [0.29, 0.717) is 37.4 Å². The van der Waals surface area contributed by atoms with Crippen molar-refractivity contribution in [3.8, 4) is 0 Å². The maximum atomic E-state index is 12.4. The summed E-state index contributed by atoms with van der Waals surface area (Å²) in [4.78, 5) is 30.6. The van der Waals surface area contributed by atoms with Crippen molar-refractivity contribution in [3.63, 3.8) is 0 Å². The third kappa shape index (κ3) is 6.41. The van der Waals surface area contributed by atoms with Gasteiger partial charge in [0.25, 0.3) is 0 Å². The second-order valence-corrected chi connectivity index (χ2v) is 8.88. The van der Waals surface area contributed by atoms with Crippen molar-refractivity contribution in [1.29, 1.82) is 0 Å². The Morgan fingerprint density at radius 1 is 1.10 bits per heavy atom. The summed E-state index contributed by atoms with van der Waals surface area (Å²) in [6.45, 7) is 1.03. The van der Waals surface area contributed by atoms with E-state index < -0.39 is 10.0 Å². The lowest BCUT2D eigenvalue weighted by molar-refractivity contribution is -0.130. The predicted molar refractivity (Wildman–Crippen MR) is 116 cm³/mol. The summed E-state index contributed by atoms with van der Waals surface area (Å²) in [5.74, 6) is 0.202. The first-order valence-electron chi connectivity index (χ1n) is 9.57. The highest BCUT2D eigenvalue weighted by Gasteiger charge is 2.26. The zero-order chi connectivity index (χ0) is 21.6. The van der Waals surface area contributed by atoms with Crippen LogP contribution in [0.5, 0.6) is 0 Å². The van der Waals surface area contributed by atoms with Gasteiger partial charge in [-0.2, -0.15) is 0 Å². The van der Waals surface area contributed by atoms with Crippen LogP contribution in [0.2, 0.25) is 0 Å². The van der Waals surface area contributed by atoms with E-state index >= 15 is 0 Å². The van der Waals surface area contributed by atoms with Crippen LogP contribution in [-0.4, -0.2) is 49.5 Å². The van der Waals surface area contributed by atoms with Crippen LogP contribution in [0.25, 0.3) is 6.08 Å². The number of pyridine rings is 1. The molecule has 0 spiro atoms. The van der Waals surface area contributed by atoms with Crippen molar-refractivity contribution in [2.45, 2.75) is 12.8 Å². The van der Waals surface area contributed by atoms with Gasteiger partial charge in [-0.3, -0.25) is 14.3 Å². The zero-order valence-electron chi connectivity index (χ0n) is 16.6. The average molecular weight is 429 g/mol. The van der Waals surface area contributed by atoms with Crippen LogP contribution >= 0.6 is 0 Å². The first-order chi connectivity index (χ1) is 14.3. The molecule has 1 fully saturated rings. The van der Waals surface area contributed by atoms with Crippen molar-refractivity contribution in [1.82, 2.24) is 9.88 Å². The van der Waals surface area contributed by atoms with Gasteiger partial charge in [0.15, 0.2) is 0 Å². The Kier molecular flexibility index (Phi) is 6.83. The van der Waals surface area contributed by atoms with Crippen molar-refractivity contribution >= 4 is 39.4 Å². The molecular weight excluding hydrogens is 404 g/mol. The van der Waals surface area contributed by atoms with Crippen LogP contribution in [0, 0.1) is 5.92 Å². The number of carbonyl (C=O) groups is 2. The van der Waals surface area contributed by atoms with E-state index in [9.17, 15) is 18.0 Å². The highest BCUT2D eigenvalue weighted by atomic mass is 32.2. The molecule has 158 valence electrons. The van der Waals surface area contributed by atoms with E-state index in [1.165, 1.54) is 6.08 Å². The Hall–Kier alpha value is -3.20. The number of nitrogens with one attached hydrogen (secondary N) is 2. The molecule has 1 aliphatic rings. The summed E-state index contributed by atoms with van der Waals surface area (Å²) in [6, 6.07) is 12.1. The number of nitrogens with zero attached hydrogens (tertiary/aromatic N) is 2. The van der Waals surface area contributed by atoms with Gasteiger partial charge in [-0.25, -0.2) is 13.4 Å². The van der Waals surface area contributed by atoms with Crippen LogP contribution in [0.1, 0.15) is 18.4 Å². The molecule has 1 aromatic heterocycles. The Labute approximate surface area is 176 Å². The monoisotopic (exact) mass is 428 g/mol. The highest BCUT2D eigenvalue weighted by Crippen LogP contribution is 2.19. The van der Waals surface area contributed by atoms with Crippen LogP contribution in [0.4, 0.5) is 11.5 Å². The quantitative estimate of drug-likeness (QED) is 0.687. The Bertz CT molecular complexity index is 1010. The fourth-order valence-electron chi connectivity index (χ4n) is 3.18. The van der Waals surface area contributed by atoms with Gasteiger partial charge >= 0.3 is 0 Å². The van der Waals surface area contributed by atoms with Crippen LogP contribution in [-0.2, 0) is 19.6 Å². The SMILES string of the molecule is CS(=O)(=O)Nc1ccc(C=CC(=O)N2CCC(C(=O)Nc3ccccn3)CC2)cc1. The maximum Gasteiger partial charge on any atom is 0.246 e. The molecule has 0 bridgehead atoms. The Balaban J connectivity index is 1.48. The fourth-order valence-corrected chi connectivity index (χ4v) is 3.74. The minimum Gasteiger partial charge on any atom is -0.339 e. The lowest BCUT2D eigenvalue weighted by Crippen LogP contribution is -2.40. The molecule has 1 aliphatic heterocycles. The van der Waals surface area contributed by atoms with Crippen molar-refractivity contribution in [3.05, 3.63) is 60.3 Å². The molecule has 3 rings (SSSR count). The molecule has 0 atom stereocenters. The number of anilines is 2. The van der Waals surface area contributed by atoms with E-state index in [4.69, 9.17) is 0 Å². The van der Waals surface area contributed by atoms with Crippen LogP contribution in [0.15, 0.2) is 54.7 Å². The second-order valence-electron chi connectivity index (χ2n) is 7.13. The van der Waals surface area contributed by atoms with E-state index in [0.717, 1.165) is 11.8 Å². The van der Waals surface area contributed by atoms with E-state index in [1.54, 1.807) is 53.6 Å². The molecular formula is C21H24N4O4S. The van der Waals surface area contributed by atoms with E-state index in [1.807, 2.05) is 6.07 Å². The number of rotatable bonds is 6. The molecule has 0 aliphatic carbocycles. The standard InChI is InChI=1S/C21H24N4O4S/c1-30(28,29)24-18-8-5-16(6-9-18)7-10-20(26)25-14-11-17(12-15-25)21(27)23-19-4-2-3-13-22-19/h2-10,13,17,24H,11-12,14-15H2,1H3,(H,22,23,27). The highest BCUT2D eigenvalue weighted by molar-refractivity contribution is 7.92. The summed E-state index contributed by atoms with van der Waals surface area (Å²) in [7, 11) is -3.32. The molecule has 2 N–H and O–H groups in total. The number of piperidine rings is 1. The molecule has 9 heteroatoms. The summed E-state index contributed by atoms with van der Waals surface area (Å²) in [5.41, 5.74) is 1.25. The first kappa shape index (κ1) is 21.5. The van der Waals surface area contributed by atoms with Gasteiger partial charge < -0.3 is 10.2 Å². The van der Waals surface area contributed by atoms with Crippen molar-refractivity contribution in [2.24, 2.45) is 5.92 Å². The minimum absolute atomic E-state index is 0.0702. The number of carbonyl (C=O) groups excluding carboxylic acids is 2. The molecule has 1 aromatic carbocycles. The Morgan fingerprint density at radius 3 is 2.40 bits per heavy atom. The topological polar surface area (TPSA) is 108 Å². The van der Waals surface area contributed by atoms with Gasteiger partial charge in [-0.1, -0.05) is 18.2 Å².